The van der Waals surface area contributed by atoms with E-state index in [1.54, 1.807) is 0 Å². The Kier molecular flexibility index (Phi) is 4.45. The van der Waals surface area contributed by atoms with Crippen molar-refractivity contribution in [2.24, 2.45) is 0 Å². The van der Waals surface area contributed by atoms with E-state index in [0.29, 0.717) is 12.4 Å². The Morgan fingerprint density at radius 1 is 1.62 bits per heavy atom. The lowest BCUT2D eigenvalue weighted by atomic mass is 10.4. The number of nitro groups is 1. The average Bonchev–Trinajstić information content (AvgIpc) is 2.19. The first kappa shape index (κ1) is 12.7. The smallest absolute Gasteiger partial charge is 0.289 e. The van der Waals surface area contributed by atoms with Gasteiger partial charge in [-0.05, 0) is 14.1 Å². The Bertz CT molecular complexity index is 384. The van der Waals surface area contributed by atoms with E-state index < -0.39 is 4.92 Å². The van der Waals surface area contributed by atoms with Crippen molar-refractivity contribution in [2.75, 3.05) is 32.5 Å². The lowest BCUT2D eigenvalue weighted by Crippen LogP contribution is -2.21. The molecule has 16 heavy (non-hydrogen) atoms. The summed E-state index contributed by atoms with van der Waals surface area (Å²) in [4.78, 5) is 15.8. The summed E-state index contributed by atoms with van der Waals surface area (Å²) in [5, 5.41) is 13.7. The lowest BCUT2D eigenvalue weighted by Gasteiger charge is -2.11. The van der Waals surface area contributed by atoms with Gasteiger partial charge in [0.25, 0.3) is 5.69 Å². The van der Waals surface area contributed by atoms with Gasteiger partial charge in [0.2, 0.25) is 0 Å². The van der Waals surface area contributed by atoms with Crippen molar-refractivity contribution in [1.29, 1.82) is 0 Å². The zero-order valence-electron chi connectivity index (χ0n) is 9.11. The summed E-state index contributed by atoms with van der Waals surface area (Å²) in [6, 6.07) is 1.28. The number of halogens is 1. The van der Waals surface area contributed by atoms with Crippen LogP contribution < -0.4 is 5.32 Å². The molecule has 6 nitrogen and oxygen atoms in total. The Hall–Kier alpha value is -1.40. The molecule has 1 aromatic rings. The number of hydrogen-bond acceptors (Lipinski definition) is 5. The second kappa shape index (κ2) is 5.62. The van der Waals surface area contributed by atoms with Crippen molar-refractivity contribution in [2.45, 2.75) is 0 Å². The minimum Gasteiger partial charge on any atom is -0.368 e. The van der Waals surface area contributed by atoms with Crippen LogP contribution in [0.3, 0.4) is 0 Å². The fourth-order valence-corrected chi connectivity index (χ4v) is 1.28. The first-order chi connectivity index (χ1) is 7.50. The summed E-state index contributed by atoms with van der Waals surface area (Å²) in [6.07, 6.45) is 1.18. The first-order valence-corrected chi connectivity index (χ1v) is 5.07. The summed E-state index contributed by atoms with van der Waals surface area (Å²) in [7, 11) is 3.90. The Morgan fingerprint density at radius 2 is 2.31 bits per heavy atom. The molecule has 0 spiro atoms. The maximum Gasteiger partial charge on any atom is 0.289 e. The molecule has 0 aromatic carbocycles. The maximum atomic E-state index is 10.4. The van der Waals surface area contributed by atoms with Crippen LogP contribution >= 0.6 is 11.6 Å². The molecule has 1 aromatic heterocycles. The van der Waals surface area contributed by atoms with Crippen LogP contribution in [0.5, 0.6) is 0 Å². The molecule has 7 heteroatoms. The number of nitrogens with zero attached hydrogens (tertiary/aromatic N) is 3. The van der Waals surface area contributed by atoms with E-state index >= 15 is 0 Å². The van der Waals surface area contributed by atoms with Gasteiger partial charge in [-0.1, -0.05) is 11.6 Å². The van der Waals surface area contributed by atoms with E-state index in [1.807, 2.05) is 19.0 Å². The summed E-state index contributed by atoms with van der Waals surface area (Å²) in [5.74, 6) is 0.467. The number of pyridine rings is 1. The molecule has 1 N–H and O–H groups in total. The van der Waals surface area contributed by atoms with Crippen LogP contribution in [0.15, 0.2) is 12.3 Å². The number of hydrogen-bond donors (Lipinski definition) is 1. The van der Waals surface area contributed by atoms with E-state index in [9.17, 15) is 10.1 Å². The normalized spacial score (nSPS) is 10.5. The van der Waals surface area contributed by atoms with Gasteiger partial charge in [-0.15, -0.1) is 0 Å². The van der Waals surface area contributed by atoms with Crippen LogP contribution in [-0.2, 0) is 0 Å². The van der Waals surface area contributed by atoms with Crippen LogP contribution in [0.2, 0.25) is 5.02 Å². The third-order valence-corrected chi connectivity index (χ3v) is 2.18. The van der Waals surface area contributed by atoms with Gasteiger partial charge in [-0.2, -0.15) is 0 Å². The van der Waals surface area contributed by atoms with Crippen LogP contribution in [-0.4, -0.2) is 42.0 Å². The third kappa shape index (κ3) is 3.63. The van der Waals surface area contributed by atoms with E-state index in [1.165, 1.54) is 12.3 Å². The molecule has 0 amide bonds. The van der Waals surface area contributed by atoms with E-state index in [0.717, 1.165) is 6.54 Å². The predicted octanol–water partition coefficient (Wildman–Crippen LogP) is 1.62. The molecule has 0 fully saturated rings. The largest absolute Gasteiger partial charge is 0.368 e. The van der Waals surface area contributed by atoms with Gasteiger partial charge in [0.1, 0.15) is 12.0 Å². The Labute approximate surface area is 98.4 Å². The van der Waals surface area contributed by atoms with Crippen LogP contribution in [0.1, 0.15) is 0 Å². The summed E-state index contributed by atoms with van der Waals surface area (Å²) in [5.41, 5.74) is -0.108. The second-order valence-corrected chi connectivity index (χ2v) is 3.92. The molecular formula is C9H13ClN4O2. The molecule has 88 valence electrons. The number of likely N-dealkylation sites (N-methyl/N-ethyl adjacent to an activating group) is 1. The van der Waals surface area contributed by atoms with Crippen molar-refractivity contribution in [1.82, 2.24) is 9.88 Å². The number of nitrogens with one attached hydrogen (secondary N) is 1. The Balaban J connectivity index is 2.64. The van der Waals surface area contributed by atoms with E-state index in [2.05, 4.69) is 10.3 Å². The summed E-state index contributed by atoms with van der Waals surface area (Å²) in [6.45, 7) is 1.51. The van der Waals surface area contributed by atoms with Crippen LogP contribution in [0.4, 0.5) is 11.5 Å². The first-order valence-electron chi connectivity index (χ1n) is 4.69. The number of rotatable bonds is 5. The highest BCUT2D eigenvalue weighted by molar-refractivity contribution is 6.33. The molecule has 1 heterocycles. The summed E-state index contributed by atoms with van der Waals surface area (Å²) < 4.78 is 0. The molecule has 0 unspecified atom stereocenters. The highest BCUT2D eigenvalue weighted by atomic mass is 35.5. The molecule has 0 saturated heterocycles. The highest BCUT2D eigenvalue weighted by Crippen LogP contribution is 2.23. The van der Waals surface area contributed by atoms with Crippen molar-refractivity contribution >= 4 is 23.1 Å². The fraction of sp³-hybridized carbons (Fsp3) is 0.444. The molecule has 0 aliphatic heterocycles. The van der Waals surface area contributed by atoms with Crippen molar-refractivity contribution in [3.63, 3.8) is 0 Å². The minimum atomic E-state index is -0.525. The lowest BCUT2D eigenvalue weighted by molar-refractivity contribution is -0.385. The van der Waals surface area contributed by atoms with Gasteiger partial charge in [0.05, 0.1) is 9.95 Å². The maximum absolute atomic E-state index is 10.4. The topological polar surface area (TPSA) is 71.3 Å². The van der Waals surface area contributed by atoms with Gasteiger partial charge in [0.15, 0.2) is 0 Å². The molecule has 1 rings (SSSR count). The molecular weight excluding hydrogens is 232 g/mol. The molecule has 0 aliphatic rings. The van der Waals surface area contributed by atoms with E-state index in [-0.39, 0.29) is 10.7 Å². The van der Waals surface area contributed by atoms with Gasteiger partial charge >= 0.3 is 0 Å². The number of aromatic nitrogens is 1. The molecule has 0 atom stereocenters. The zero-order chi connectivity index (χ0) is 12.1. The number of anilines is 1. The standard InChI is InChI=1S/C9H13ClN4O2/c1-13(2)4-3-11-9-8(10)5-7(6-12-9)14(15)16/h5-6H,3-4H2,1-2H3,(H,11,12). The van der Waals surface area contributed by atoms with E-state index in [4.69, 9.17) is 11.6 Å². The van der Waals surface area contributed by atoms with Crippen molar-refractivity contribution in [3.8, 4) is 0 Å². The van der Waals surface area contributed by atoms with Gasteiger partial charge in [-0.3, -0.25) is 10.1 Å². The second-order valence-electron chi connectivity index (χ2n) is 3.51. The SMILES string of the molecule is CN(C)CCNc1ncc([N+](=O)[O-])cc1Cl. The zero-order valence-corrected chi connectivity index (χ0v) is 9.86. The van der Waals surface area contributed by atoms with Crippen molar-refractivity contribution < 1.29 is 4.92 Å². The quantitative estimate of drug-likeness (QED) is 0.630. The fourth-order valence-electron chi connectivity index (χ4n) is 1.06. The average molecular weight is 245 g/mol. The molecule has 0 bridgehead atoms. The minimum absolute atomic E-state index is 0.108. The van der Waals surface area contributed by atoms with Crippen LogP contribution in [0, 0.1) is 10.1 Å². The predicted molar refractivity (Wildman–Crippen MR) is 62.9 cm³/mol. The van der Waals surface area contributed by atoms with Gasteiger partial charge in [-0.25, -0.2) is 4.98 Å². The van der Waals surface area contributed by atoms with Crippen LogP contribution in [0.25, 0.3) is 0 Å². The van der Waals surface area contributed by atoms with Crippen molar-refractivity contribution in [3.05, 3.63) is 27.4 Å². The highest BCUT2D eigenvalue weighted by Gasteiger charge is 2.10. The third-order valence-electron chi connectivity index (χ3n) is 1.89. The molecule has 0 saturated carbocycles. The monoisotopic (exact) mass is 244 g/mol. The molecule has 0 aliphatic carbocycles. The Morgan fingerprint density at radius 3 is 2.81 bits per heavy atom. The molecule has 0 radical (unpaired) electrons. The summed E-state index contributed by atoms with van der Waals surface area (Å²) >= 11 is 5.85. The van der Waals surface area contributed by atoms with Gasteiger partial charge in [0, 0.05) is 19.2 Å². The van der Waals surface area contributed by atoms with Gasteiger partial charge < -0.3 is 10.2 Å².